The van der Waals surface area contributed by atoms with Gasteiger partial charge in [-0.15, -0.1) is 0 Å². The predicted octanol–water partition coefficient (Wildman–Crippen LogP) is 3.75. The Hall–Kier alpha value is -3.61. The third kappa shape index (κ3) is 5.22. The second-order valence-electron chi connectivity index (χ2n) is 6.16. The molecule has 0 unspecified atom stereocenters. The molecule has 2 aromatic carbocycles. The molecular formula is C22H21FN2O4. The molecule has 0 spiro atoms. The molecular weight excluding hydrogens is 375 g/mol. The Labute approximate surface area is 168 Å². The average molecular weight is 396 g/mol. The predicted molar refractivity (Wildman–Crippen MR) is 106 cm³/mol. The highest BCUT2D eigenvalue weighted by Crippen LogP contribution is 2.29. The van der Waals surface area contributed by atoms with E-state index in [1.54, 1.807) is 31.6 Å². The normalized spacial score (nSPS) is 10.3. The highest BCUT2D eigenvalue weighted by atomic mass is 19.1. The molecule has 0 bridgehead atoms. The fraction of sp³-hybridized carbons (Fsp3) is 0.182. The van der Waals surface area contributed by atoms with Crippen molar-refractivity contribution in [3.63, 3.8) is 0 Å². The molecule has 0 saturated heterocycles. The molecule has 0 fully saturated rings. The standard InChI is InChI=1S/C22H21FN2O4/c1-27-17-4-5-18(19(23)12-17)22(26)25-13-16-3-6-20(21(11-16)28-2)29-14-15-7-9-24-10-8-15/h3-12H,13-14H2,1-2H3,(H,25,26). The summed E-state index contributed by atoms with van der Waals surface area (Å²) in [5, 5.41) is 2.70. The van der Waals surface area contributed by atoms with Crippen molar-refractivity contribution in [2.24, 2.45) is 0 Å². The highest BCUT2D eigenvalue weighted by Gasteiger charge is 2.13. The van der Waals surface area contributed by atoms with E-state index in [1.807, 2.05) is 18.2 Å². The number of methoxy groups -OCH3 is 2. The summed E-state index contributed by atoms with van der Waals surface area (Å²) < 4.78 is 30.2. The van der Waals surface area contributed by atoms with Gasteiger partial charge in [0.1, 0.15) is 18.2 Å². The molecule has 1 aromatic heterocycles. The van der Waals surface area contributed by atoms with Crippen molar-refractivity contribution >= 4 is 5.91 Å². The number of nitrogens with one attached hydrogen (secondary N) is 1. The number of aromatic nitrogens is 1. The summed E-state index contributed by atoms with van der Waals surface area (Å²) in [6.07, 6.45) is 3.40. The summed E-state index contributed by atoms with van der Waals surface area (Å²) in [6.45, 7) is 0.594. The number of ether oxygens (including phenoxy) is 3. The minimum atomic E-state index is -0.640. The number of amides is 1. The van der Waals surface area contributed by atoms with Crippen molar-refractivity contribution in [3.05, 3.63) is 83.4 Å². The Kier molecular flexibility index (Phi) is 6.63. The zero-order chi connectivity index (χ0) is 20.6. The number of pyridine rings is 1. The highest BCUT2D eigenvalue weighted by molar-refractivity contribution is 5.94. The van der Waals surface area contributed by atoms with Crippen molar-refractivity contribution < 1.29 is 23.4 Å². The van der Waals surface area contributed by atoms with Gasteiger partial charge >= 0.3 is 0 Å². The molecule has 0 radical (unpaired) electrons. The van der Waals surface area contributed by atoms with Gasteiger partial charge in [0.05, 0.1) is 19.8 Å². The van der Waals surface area contributed by atoms with Crippen LogP contribution in [0.25, 0.3) is 0 Å². The topological polar surface area (TPSA) is 69.7 Å². The van der Waals surface area contributed by atoms with E-state index in [0.29, 0.717) is 23.9 Å². The minimum Gasteiger partial charge on any atom is -0.497 e. The Morgan fingerprint density at radius 2 is 1.76 bits per heavy atom. The van der Waals surface area contributed by atoms with Gasteiger partial charge in [-0.3, -0.25) is 9.78 Å². The smallest absolute Gasteiger partial charge is 0.254 e. The molecule has 7 heteroatoms. The Balaban J connectivity index is 1.63. The van der Waals surface area contributed by atoms with Gasteiger partial charge in [0.25, 0.3) is 5.91 Å². The molecule has 29 heavy (non-hydrogen) atoms. The van der Waals surface area contributed by atoms with Crippen LogP contribution in [0.1, 0.15) is 21.5 Å². The Morgan fingerprint density at radius 1 is 0.966 bits per heavy atom. The molecule has 0 aliphatic heterocycles. The minimum absolute atomic E-state index is 0.0462. The molecule has 6 nitrogen and oxygen atoms in total. The van der Waals surface area contributed by atoms with Gasteiger partial charge in [0.2, 0.25) is 0 Å². The number of carbonyl (C=O) groups is 1. The van der Waals surface area contributed by atoms with Crippen LogP contribution in [-0.4, -0.2) is 25.1 Å². The van der Waals surface area contributed by atoms with E-state index in [9.17, 15) is 9.18 Å². The van der Waals surface area contributed by atoms with Crippen LogP contribution in [0.2, 0.25) is 0 Å². The van der Waals surface area contributed by atoms with Crippen LogP contribution in [0.5, 0.6) is 17.2 Å². The van der Waals surface area contributed by atoms with Crippen molar-refractivity contribution in [2.75, 3.05) is 14.2 Å². The Bertz CT molecular complexity index is 980. The summed E-state index contributed by atoms with van der Waals surface area (Å²) in [5.41, 5.74) is 1.73. The first-order valence-electron chi connectivity index (χ1n) is 8.91. The Morgan fingerprint density at radius 3 is 2.45 bits per heavy atom. The quantitative estimate of drug-likeness (QED) is 0.628. The number of halogens is 1. The lowest BCUT2D eigenvalue weighted by Gasteiger charge is -2.13. The summed E-state index contributed by atoms with van der Waals surface area (Å²) in [4.78, 5) is 16.2. The number of hydrogen-bond acceptors (Lipinski definition) is 5. The third-order valence-electron chi connectivity index (χ3n) is 4.25. The number of carbonyl (C=O) groups excluding carboxylic acids is 1. The molecule has 1 N–H and O–H groups in total. The van der Waals surface area contributed by atoms with Crippen LogP contribution in [0, 0.1) is 5.82 Å². The van der Waals surface area contributed by atoms with Gasteiger partial charge < -0.3 is 19.5 Å². The summed E-state index contributed by atoms with van der Waals surface area (Å²) in [5.74, 6) is 0.328. The number of hydrogen-bond donors (Lipinski definition) is 1. The van der Waals surface area contributed by atoms with E-state index in [0.717, 1.165) is 11.1 Å². The largest absolute Gasteiger partial charge is 0.497 e. The van der Waals surface area contributed by atoms with E-state index in [4.69, 9.17) is 14.2 Å². The van der Waals surface area contributed by atoms with E-state index in [1.165, 1.54) is 25.3 Å². The molecule has 150 valence electrons. The monoisotopic (exact) mass is 396 g/mol. The maximum absolute atomic E-state index is 14.0. The molecule has 1 heterocycles. The first-order valence-corrected chi connectivity index (χ1v) is 8.91. The maximum Gasteiger partial charge on any atom is 0.254 e. The van der Waals surface area contributed by atoms with Crippen LogP contribution >= 0.6 is 0 Å². The molecule has 0 saturated carbocycles. The van der Waals surface area contributed by atoms with Gasteiger partial charge in [-0.1, -0.05) is 6.07 Å². The summed E-state index contributed by atoms with van der Waals surface area (Å²) in [7, 11) is 2.98. The van der Waals surface area contributed by atoms with E-state index in [-0.39, 0.29) is 12.1 Å². The van der Waals surface area contributed by atoms with Crippen molar-refractivity contribution in [1.82, 2.24) is 10.3 Å². The number of nitrogens with zero attached hydrogens (tertiary/aromatic N) is 1. The van der Waals surface area contributed by atoms with Crippen molar-refractivity contribution in [1.29, 1.82) is 0 Å². The van der Waals surface area contributed by atoms with Crippen LogP contribution in [0.4, 0.5) is 4.39 Å². The third-order valence-corrected chi connectivity index (χ3v) is 4.25. The zero-order valence-electron chi connectivity index (χ0n) is 16.1. The summed E-state index contributed by atoms with van der Waals surface area (Å²) in [6, 6.07) is 13.2. The first kappa shape index (κ1) is 20.1. The van der Waals surface area contributed by atoms with E-state index < -0.39 is 11.7 Å². The molecule has 1 amide bonds. The van der Waals surface area contributed by atoms with Gasteiger partial charge in [-0.05, 0) is 47.5 Å². The van der Waals surface area contributed by atoms with Crippen molar-refractivity contribution in [3.8, 4) is 17.2 Å². The molecule has 0 atom stereocenters. The molecule has 0 aliphatic rings. The number of rotatable bonds is 8. The zero-order valence-corrected chi connectivity index (χ0v) is 16.1. The van der Waals surface area contributed by atoms with Gasteiger partial charge in [-0.2, -0.15) is 0 Å². The van der Waals surface area contributed by atoms with E-state index >= 15 is 0 Å². The van der Waals surface area contributed by atoms with E-state index in [2.05, 4.69) is 10.3 Å². The lowest BCUT2D eigenvalue weighted by Crippen LogP contribution is -2.23. The van der Waals surface area contributed by atoms with Crippen LogP contribution in [-0.2, 0) is 13.2 Å². The maximum atomic E-state index is 14.0. The average Bonchev–Trinajstić information content (AvgIpc) is 2.76. The fourth-order valence-corrected chi connectivity index (χ4v) is 2.67. The van der Waals surface area contributed by atoms with Gasteiger partial charge in [-0.25, -0.2) is 4.39 Å². The van der Waals surface area contributed by atoms with Crippen LogP contribution < -0.4 is 19.5 Å². The van der Waals surface area contributed by atoms with Crippen LogP contribution in [0.3, 0.4) is 0 Å². The van der Waals surface area contributed by atoms with Gasteiger partial charge in [0, 0.05) is 25.0 Å². The molecule has 3 rings (SSSR count). The second kappa shape index (κ2) is 9.54. The van der Waals surface area contributed by atoms with Gasteiger partial charge in [0.15, 0.2) is 11.5 Å². The second-order valence-corrected chi connectivity index (χ2v) is 6.16. The summed E-state index contributed by atoms with van der Waals surface area (Å²) >= 11 is 0. The SMILES string of the molecule is COc1ccc(C(=O)NCc2ccc(OCc3ccncc3)c(OC)c2)c(F)c1. The lowest BCUT2D eigenvalue weighted by molar-refractivity contribution is 0.0946. The van der Waals surface area contributed by atoms with Crippen molar-refractivity contribution in [2.45, 2.75) is 13.2 Å². The first-order chi connectivity index (χ1) is 14.1. The fourth-order valence-electron chi connectivity index (χ4n) is 2.67. The molecule has 3 aromatic rings. The number of benzene rings is 2. The lowest BCUT2D eigenvalue weighted by atomic mass is 10.1. The molecule has 0 aliphatic carbocycles. The van der Waals surface area contributed by atoms with Crippen LogP contribution in [0.15, 0.2) is 60.9 Å².